The van der Waals surface area contributed by atoms with Crippen LogP contribution in [0.4, 0.5) is 5.69 Å². The van der Waals surface area contributed by atoms with Crippen molar-refractivity contribution < 1.29 is 14.5 Å². The van der Waals surface area contributed by atoms with Gasteiger partial charge in [-0.2, -0.15) is 5.26 Å². The van der Waals surface area contributed by atoms with E-state index in [1.807, 2.05) is 0 Å². The second-order valence-electron chi connectivity index (χ2n) is 3.03. The fourth-order valence-corrected chi connectivity index (χ4v) is 1.47. The third-order valence-electron chi connectivity index (χ3n) is 2.03. The molecule has 1 aromatic rings. The van der Waals surface area contributed by atoms with Gasteiger partial charge in [-0.15, -0.1) is 11.6 Å². The summed E-state index contributed by atoms with van der Waals surface area (Å²) in [5, 5.41) is 19.7. The average Bonchev–Trinajstić information content (AvgIpc) is 2.35. The van der Waals surface area contributed by atoms with E-state index in [0.29, 0.717) is 5.56 Å². The van der Waals surface area contributed by atoms with Crippen LogP contribution >= 0.6 is 11.6 Å². The predicted molar refractivity (Wildman–Crippen MR) is 58.7 cm³/mol. The Bertz CT molecular complexity index is 522. The fraction of sp³-hybridized carbons (Fsp3) is 0.200. The lowest BCUT2D eigenvalue weighted by molar-refractivity contribution is -0.385. The normalized spacial score (nSPS) is 9.47. The topological polar surface area (TPSA) is 93.2 Å². The second-order valence-corrected chi connectivity index (χ2v) is 3.30. The number of esters is 1. The lowest BCUT2D eigenvalue weighted by Gasteiger charge is -2.04. The molecule has 0 radical (unpaired) electrons. The van der Waals surface area contributed by atoms with Crippen molar-refractivity contribution in [1.29, 1.82) is 5.26 Å². The first-order chi connectivity index (χ1) is 8.04. The molecule has 0 N–H and O–H groups in total. The minimum Gasteiger partial charge on any atom is -0.465 e. The summed E-state index contributed by atoms with van der Waals surface area (Å²) in [5.41, 5.74) is -0.608. The van der Waals surface area contributed by atoms with Gasteiger partial charge in [0, 0.05) is 5.88 Å². The predicted octanol–water partition coefficient (Wildman–Crippen LogP) is 1.99. The Morgan fingerprint density at radius 2 is 2.29 bits per heavy atom. The number of alkyl halides is 1. The molecule has 0 fully saturated rings. The van der Waals surface area contributed by atoms with E-state index < -0.39 is 16.6 Å². The maximum atomic E-state index is 11.4. The number of halogens is 1. The molecule has 1 aromatic carbocycles. The van der Waals surface area contributed by atoms with Gasteiger partial charge in [-0.1, -0.05) is 0 Å². The van der Waals surface area contributed by atoms with Crippen molar-refractivity contribution >= 4 is 23.3 Å². The van der Waals surface area contributed by atoms with Crippen molar-refractivity contribution in [3.05, 3.63) is 38.9 Å². The molecule has 7 heteroatoms. The monoisotopic (exact) mass is 254 g/mol. The van der Waals surface area contributed by atoms with Crippen molar-refractivity contribution in [2.75, 3.05) is 7.11 Å². The second kappa shape index (κ2) is 5.27. The van der Waals surface area contributed by atoms with Crippen LogP contribution in [0.5, 0.6) is 0 Å². The molecule has 0 saturated carbocycles. The van der Waals surface area contributed by atoms with Crippen molar-refractivity contribution in [1.82, 2.24) is 0 Å². The zero-order valence-electron chi connectivity index (χ0n) is 8.77. The number of carbonyl (C=O) groups is 1. The van der Waals surface area contributed by atoms with Crippen LogP contribution in [0.25, 0.3) is 0 Å². The number of hydrogen-bond donors (Lipinski definition) is 0. The number of ether oxygens (including phenoxy) is 1. The standard InChI is InChI=1S/C10H7ClN2O4/c1-17-10(14)8-3-6(4-11)2-7(5-12)9(8)13(15)16/h2-3H,4H2,1H3. The van der Waals surface area contributed by atoms with Crippen molar-refractivity contribution in [2.24, 2.45) is 0 Å². The van der Waals surface area contributed by atoms with Gasteiger partial charge in [-0.05, 0) is 17.7 Å². The first kappa shape index (κ1) is 12.9. The number of carbonyl (C=O) groups excluding carboxylic acids is 1. The van der Waals surface area contributed by atoms with Crippen LogP contribution < -0.4 is 0 Å². The molecule has 0 aliphatic rings. The Kier molecular flexibility index (Phi) is 4.01. The maximum absolute atomic E-state index is 11.4. The molecule has 1 rings (SSSR count). The Morgan fingerprint density at radius 1 is 1.65 bits per heavy atom. The van der Waals surface area contributed by atoms with Gasteiger partial charge >= 0.3 is 11.7 Å². The number of hydrogen-bond acceptors (Lipinski definition) is 5. The Labute approximate surface area is 102 Å². The largest absolute Gasteiger partial charge is 0.465 e. The Hall–Kier alpha value is -2.13. The maximum Gasteiger partial charge on any atom is 0.344 e. The van der Waals surface area contributed by atoms with Crippen molar-refractivity contribution in [2.45, 2.75) is 5.88 Å². The van der Waals surface area contributed by atoms with Gasteiger partial charge in [0.2, 0.25) is 0 Å². The van der Waals surface area contributed by atoms with Crippen LogP contribution in [0.15, 0.2) is 12.1 Å². The van der Waals surface area contributed by atoms with E-state index in [2.05, 4.69) is 4.74 Å². The summed E-state index contributed by atoms with van der Waals surface area (Å²) in [5.74, 6) is -0.836. The zero-order valence-corrected chi connectivity index (χ0v) is 9.52. The van der Waals surface area contributed by atoms with Gasteiger partial charge in [0.15, 0.2) is 0 Å². The van der Waals surface area contributed by atoms with E-state index in [0.717, 1.165) is 7.11 Å². The van der Waals surface area contributed by atoms with Gasteiger partial charge in [-0.25, -0.2) is 4.79 Å². The average molecular weight is 255 g/mol. The highest BCUT2D eigenvalue weighted by Crippen LogP contribution is 2.26. The van der Waals surface area contributed by atoms with Gasteiger partial charge in [-0.3, -0.25) is 10.1 Å². The van der Waals surface area contributed by atoms with Gasteiger partial charge in [0.25, 0.3) is 0 Å². The minimum absolute atomic E-state index is 0.0384. The Balaban J connectivity index is 3.59. The van der Waals surface area contributed by atoms with E-state index in [4.69, 9.17) is 16.9 Å². The number of nitrogens with zero attached hydrogens (tertiary/aromatic N) is 2. The molecular weight excluding hydrogens is 248 g/mol. The molecule has 0 unspecified atom stereocenters. The van der Waals surface area contributed by atoms with Crippen LogP contribution in [0.2, 0.25) is 0 Å². The molecule has 0 atom stereocenters. The van der Waals surface area contributed by atoms with Crippen molar-refractivity contribution in [3.63, 3.8) is 0 Å². The summed E-state index contributed by atoms with van der Waals surface area (Å²) in [6.07, 6.45) is 0. The quantitative estimate of drug-likeness (QED) is 0.356. The van der Waals surface area contributed by atoms with E-state index >= 15 is 0 Å². The van der Waals surface area contributed by atoms with E-state index in [1.54, 1.807) is 6.07 Å². The first-order valence-electron chi connectivity index (χ1n) is 4.40. The number of nitro groups is 1. The molecule has 6 nitrogen and oxygen atoms in total. The highest BCUT2D eigenvalue weighted by Gasteiger charge is 2.26. The molecule has 0 aliphatic heterocycles. The summed E-state index contributed by atoms with van der Waals surface area (Å²) in [7, 11) is 1.10. The van der Waals surface area contributed by atoms with Crippen LogP contribution in [0.3, 0.4) is 0 Å². The lowest BCUT2D eigenvalue weighted by Crippen LogP contribution is -2.08. The number of rotatable bonds is 3. The third-order valence-corrected chi connectivity index (χ3v) is 2.34. The van der Waals surface area contributed by atoms with Gasteiger partial charge in [0.1, 0.15) is 17.2 Å². The molecule has 0 spiro atoms. The van der Waals surface area contributed by atoms with E-state index in [9.17, 15) is 14.9 Å². The highest BCUT2D eigenvalue weighted by atomic mass is 35.5. The van der Waals surface area contributed by atoms with E-state index in [-0.39, 0.29) is 17.0 Å². The molecule has 0 aromatic heterocycles. The third kappa shape index (κ3) is 2.52. The molecule has 0 saturated heterocycles. The first-order valence-corrected chi connectivity index (χ1v) is 4.94. The molecule has 0 aliphatic carbocycles. The summed E-state index contributed by atoms with van der Waals surface area (Å²) >= 11 is 5.58. The SMILES string of the molecule is COC(=O)c1cc(CCl)cc(C#N)c1[N+](=O)[O-]. The van der Waals surface area contributed by atoms with Gasteiger partial charge in [0.05, 0.1) is 12.0 Å². The lowest BCUT2D eigenvalue weighted by atomic mass is 10.0. The van der Waals surface area contributed by atoms with Crippen LogP contribution in [-0.2, 0) is 10.6 Å². The van der Waals surface area contributed by atoms with Gasteiger partial charge < -0.3 is 4.74 Å². The molecule has 17 heavy (non-hydrogen) atoms. The Morgan fingerprint density at radius 3 is 2.71 bits per heavy atom. The molecule has 88 valence electrons. The summed E-state index contributed by atoms with van der Waals surface area (Å²) in [6.45, 7) is 0. The summed E-state index contributed by atoms with van der Waals surface area (Å²) in [6, 6.07) is 4.19. The van der Waals surface area contributed by atoms with E-state index in [1.165, 1.54) is 12.1 Å². The number of methoxy groups -OCH3 is 1. The fourth-order valence-electron chi connectivity index (χ4n) is 1.32. The molecule has 0 heterocycles. The van der Waals surface area contributed by atoms with Crippen LogP contribution in [0, 0.1) is 21.4 Å². The molecule has 0 amide bonds. The zero-order chi connectivity index (χ0) is 13.0. The summed E-state index contributed by atoms with van der Waals surface area (Å²) in [4.78, 5) is 21.4. The van der Waals surface area contributed by atoms with Crippen LogP contribution in [0.1, 0.15) is 21.5 Å². The number of nitriles is 1. The highest BCUT2D eigenvalue weighted by molar-refractivity contribution is 6.17. The molecular formula is C10H7ClN2O4. The number of benzene rings is 1. The van der Waals surface area contributed by atoms with Crippen LogP contribution in [-0.4, -0.2) is 18.0 Å². The molecule has 0 bridgehead atoms. The smallest absolute Gasteiger partial charge is 0.344 e. The minimum atomic E-state index is -0.875. The van der Waals surface area contributed by atoms with Crippen molar-refractivity contribution in [3.8, 4) is 6.07 Å². The summed E-state index contributed by atoms with van der Waals surface area (Å²) < 4.78 is 4.43. The number of nitro benzene ring substituents is 1.